The van der Waals surface area contributed by atoms with Crippen LogP contribution in [0.3, 0.4) is 0 Å². The summed E-state index contributed by atoms with van der Waals surface area (Å²) in [6.07, 6.45) is 0. The number of carbonyl (C=O) groups excluding carboxylic acids is 1. The van der Waals surface area contributed by atoms with Gasteiger partial charge in [0.25, 0.3) is 0 Å². The Labute approximate surface area is 121 Å². The van der Waals surface area contributed by atoms with E-state index in [0.717, 1.165) is 12.2 Å². The van der Waals surface area contributed by atoms with Crippen molar-refractivity contribution in [2.24, 2.45) is 11.3 Å². The standard InChI is InChI=1S/C16H26N2O2/c1-6-20-15(19)13-9-12(17)7-8-14(13)18-10-11(2)16(3,4)5/h7-9,11,18H,6,10,17H2,1-5H3. The molecule has 112 valence electrons. The zero-order chi connectivity index (χ0) is 15.3. The van der Waals surface area contributed by atoms with Gasteiger partial charge >= 0.3 is 5.97 Å². The highest BCUT2D eigenvalue weighted by molar-refractivity contribution is 5.96. The van der Waals surface area contributed by atoms with Crippen LogP contribution >= 0.6 is 0 Å². The molecule has 3 N–H and O–H groups in total. The van der Waals surface area contributed by atoms with Crippen molar-refractivity contribution in [3.63, 3.8) is 0 Å². The molecule has 4 heteroatoms. The maximum atomic E-state index is 11.9. The Morgan fingerprint density at radius 2 is 2.05 bits per heavy atom. The van der Waals surface area contributed by atoms with E-state index in [1.165, 1.54) is 0 Å². The summed E-state index contributed by atoms with van der Waals surface area (Å²) in [5.74, 6) is 0.126. The van der Waals surface area contributed by atoms with Crippen LogP contribution < -0.4 is 11.1 Å². The molecule has 0 aliphatic rings. The monoisotopic (exact) mass is 278 g/mol. The molecule has 0 radical (unpaired) electrons. The lowest BCUT2D eigenvalue weighted by Gasteiger charge is -2.28. The number of carbonyl (C=O) groups is 1. The first-order valence-corrected chi connectivity index (χ1v) is 7.06. The number of hydrogen-bond acceptors (Lipinski definition) is 4. The zero-order valence-electron chi connectivity index (χ0n) is 13.1. The number of nitrogens with two attached hydrogens (primary N) is 1. The maximum absolute atomic E-state index is 11.9. The summed E-state index contributed by atoms with van der Waals surface area (Å²) in [7, 11) is 0. The van der Waals surface area contributed by atoms with Crippen molar-refractivity contribution in [1.29, 1.82) is 0 Å². The molecule has 0 aromatic heterocycles. The molecular formula is C16H26N2O2. The summed E-state index contributed by atoms with van der Waals surface area (Å²) in [6.45, 7) is 11.7. The van der Waals surface area contributed by atoms with Crippen LogP contribution in [0.2, 0.25) is 0 Å². The third kappa shape index (κ3) is 4.44. The second kappa shape index (κ2) is 6.64. The molecular weight excluding hydrogens is 252 g/mol. The Balaban J connectivity index is 2.87. The van der Waals surface area contributed by atoms with Gasteiger partial charge in [0, 0.05) is 17.9 Å². The van der Waals surface area contributed by atoms with Crippen molar-refractivity contribution in [3.05, 3.63) is 23.8 Å². The molecule has 0 aliphatic heterocycles. The van der Waals surface area contributed by atoms with Crippen LogP contribution in [0.4, 0.5) is 11.4 Å². The number of nitrogen functional groups attached to an aromatic ring is 1. The topological polar surface area (TPSA) is 64.3 Å². The van der Waals surface area contributed by atoms with Crippen LogP contribution in [0.5, 0.6) is 0 Å². The fraction of sp³-hybridized carbons (Fsp3) is 0.562. The van der Waals surface area contributed by atoms with Gasteiger partial charge in [-0.05, 0) is 36.5 Å². The predicted octanol–water partition coefficient (Wildman–Crippen LogP) is 3.54. The SMILES string of the molecule is CCOC(=O)c1cc(N)ccc1NCC(C)C(C)(C)C. The predicted molar refractivity (Wildman–Crippen MR) is 83.9 cm³/mol. The highest BCUT2D eigenvalue weighted by atomic mass is 16.5. The highest BCUT2D eigenvalue weighted by Crippen LogP contribution is 2.27. The van der Waals surface area contributed by atoms with E-state index in [1.807, 2.05) is 6.07 Å². The Morgan fingerprint density at radius 3 is 2.60 bits per heavy atom. The summed E-state index contributed by atoms with van der Waals surface area (Å²) in [4.78, 5) is 11.9. The number of esters is 1. The molecule has 0 spiro atoms. The van der Waals surface area contributed by atoms with Crippen LogP contribution in [0.15, 0.2) is 18.2 Å². The summed E-state index contributed by atoms with van der Waals surface area (Å²) < 4.78 is 5.06. The van der Waals surface area contributed by atoms with E-state index in [2.05, 4.69) is 33.0 Å². The van der Waals surface area contributed by atoms with Gasteiger partial charge in [0.05, 0.1) is 12.2 Å². The maximum Gasteiger partial charge on any atom is 0.340 e. The minimum Gasteiger partial charge on any atom is -0.462 e. The quantitative estimate of drug-likeness (QED) is 0.638. The van der Waals surface area contributed by atoms with Gasteiger partial charge in [-0.3, -0.25) is 0 Å². The van der Waals surface area contributed by atoms with E-state index in [9.17, 15) is 4.79 Å². The van der Waals surface area contributed by atoms with Gasteiger partial charge < -0.3 is 15.8 Å². The molecule has 20 heavy (non-hydrogen) atoms. The molecule has 0 saturated heterocycles. The van der Waals surface area contributed by atoms with E-state index < -0.39 is 0 Å². The Bertz CT molecular complexity index is 464. The van der Waals surface area contributed by atoms with Crippen molar-refractivity contribution >= 4 is 17.3 Å². The molecule has 1 unspecified atom stereocenters. The second-order valence-electron chi connectivity index (χ2n) is 6.17. The molecule has 1 rings (SSSR count). The molecule has 1 aromatic rings. The van der Waals surface area contributed by atoms with Crippen molar-refractivity contribution < 1.29 is 9.53 Å². The third-order valence-corrected chi connectivity index (χ3v) is 3.62. The van der Waals surface area contributed by atoms with E-state index in [-0.39, 0.29) is 11.4 Å². The number of benzene rings is 1. The highest BCUT2D eigenvalue weighted by Gasteiger charge is 2.20. The van der Waals surface area contributed by atoms with Crippen molar-refractivity contribution in [1.82, 2.24) is 0 Å². The van der Waals surface area contributed by atoms with E-state index in [0.29, 0.717) is 23.8 Å². The van der Waals surface area contributed by atoms with Crippen molar-refractivity contribution in [2.75, 3.05) is 24.2 Å². The second-order valence-corrected chi connectivity index (χ2v) is 6.17. The number of hydrogen-bond donors (Lipinski definition) is 2. The number of anilines is 2. The summed E-state index contributed by atoms with van der Waals surface area (Å²) in [5.41, 5.74) is 7.79. The molecule has 4 nitrogen and oxygen atoms in total. The van der Waals surface area contributed by atoms with Crippen molar-refractivity contribution in [3.8, 4) is 0 Å². The largest absolute Gasteiger partial charge is 0.462 e. The van der Waals surface area contributed by atoms with Gasteiger partial charge in [-0.1, -0.05) is 27.7 Å². The smallest absolute Gasteiger partial charge is 0.340 e. The zero-order valence-corrected chi connectivity index (χ0v) is 13.1. The van der Waals surface area contributed by atoms with Crippen LogP contribution in [0.25, 0.3) is 0 Å². The molecule has 0 amide bonds. The lowest BCUT2D eigenvalue weighted by molar-refractivity contribution is 0.0527. The van der Waals surface area contributed by atoms with E-state index in [1.54, 1.807) is 19.1 Å². The summed E-state index contributed by atoms with van der Waals surface area (Å²) >= 11 is 0. The first kappa shape index (κ1) is 16.3. The molecule has 1 atom stereocenters. The summed E-state index contributed by atoms with van der Waals surface area (Å²) in [5, 5.41) is 3.33. The van der Waals surface area contributed by atoms with Crippen molar-refractivity contribution in [2.45, 2.75) is 34.6 Å². The lowest BCUT2D eigenvalue weighted by atomic mass is 9.82. The van der Waals surface area contributed by atoms with Crippen LogP contribution in [0.1, 0.15) is 45.0 Å². The molecule has 0 saturated carbocycles. The Morgan fingerprint density at radius 1 is 1.40 bits per heavy atom. The Hall–Kier alpha value is -1.71. The lowest BCUT2D eigenvalue weighted by Crippen LogP contribution is -2.25. The fourth-order valence-electron chi connectivity index (χ4n) is 1.66. The van der Waals surface area contributed by atoms with Gasteiger partial charge in [-0.15, -0.1) is 0 Å². The number of nitrogens with one attached hydrogen (secondary N) is 1. The number of rotatable bonds is 5. The van der Waals surface area contributed by atoms with Gasteiger partial charge in [0.1, 0.15) is 0 Å². The van der Waals surface area contributed by atoms with Crippen LogP contribution in [-0.4, -0.2) is 19.1 Å². The van der Waals surface area contributed by atoms with Crippen LogP contribution in [0, 0.1) is 11.3 Å². The number of ether oxygens (including phenoxy) is 1. The first-order chi connectivity index (χ1) is 9.25. The average molecular weight is 278 g/mol. The molecule has 1 aromatic carbocycles. The van der Waals surface area contributed by atoms with Gasteiger partial charge in [0.15, 0.2) is 0 Å². The van der Waals surface area contributed by atoms with Gasteiger partial charge in [0.2, 0.25) is 0 Å². The molecule has 0 bridgehead atoms. The van der Waals surface area contributed by atoms with Gasteiger partial charge in [-0.25, -0.2) is 4.79 Å². The third-order valence-electron chi connectivity index (χ3n) is 3.62. The molecule has 0 heterocycles. The Kier molecular flexibility index (Phi) is 5.43. The molecule has 0 aliphatic carbocycles. The molecule has 0 fully saturated rings. The van der Waals surface area contributed by atoms with Crippen LogP contribution in [-0.2, 0) is 4.74 Å². The minimum absolute atomic E-state index is 0.213. The van der Waals surface area contributed by atoms with E-state index >= 15 is 0 Å². The average Bonchev–Trinajstić information content (AvgIpc) is 2.36. The van der Waals surface area contributed by atoms with Gasteiger partial charge in [-0.2, -0.15) is 0 Å². The summed E-state index contributed by atoms with van der Waals surface area (Å²) in [6, 6.07) is 5.27. The van der Waals surface area contributed by atoms with E-state index in [4.69, 9.17) is 10.5 Å². The minimum atomic E-state index is -0.342. The first-order valence-electron chi connectivity index (χ1n) is 7.06. The fourth-order valence-corrected chi connectivity index (χ4v) is 1.66. The normalized spacial score (nSPS) is 12.8.